The summed E-state index contributed by atoms with van der Waals surface area (Å²) in [5.74, 6) is 0. The summed E-state index contributed by atoms with van der Waals surface area (Å²) < 4.78 is 35.9. The lowest BCUT2D eigenvalue weighted by molar-refractivity contribution is 0.0172. The SMILES string of the molecule is B[C@H]1CC(NC)[C@@H](COP(=O)(CC)NC2C[C@H](B)O[C@@H]2COC)O1. The van der Waals surface area contributed by atoms with E-state index in [1.165, 1.54) is 0 Å². The topological polar surface area (TPSA) is 78.1 Å². The van der Waals surface area contributed by atoms with E-state index < -0.39 is 7.52 Å². The number of likely N-dealkylation sites (N-methyl/N-ethyl adjacent to an activating group) is 1. The van der Waals surface area contributed by atoms with Gasteiger partial charge >= 0.3 is 0 Å². The third-order valence-corrected chi connectivity index (χ3v) is 6.94. The van der Waals surface area contributed by atoms with E-state index in [-0.39, 0.29) is 36.3 Å². The number of ether oxygens (including phenoxy) is 3. The maximum Gasteiger partial charge on any atom is 0.269 e. The standard InChI is InChI=1S/C14H31B2N2O5P/c1-4-24(19,18-10-6-14(16)22-11(10)7-20-3)21-8-12-9(17-2)5-13(15)23-12/h9-14,17H,4-8,15-16H2,1-3H3,(H,18,19)/t9?,10?,11-,12-,13-,14-,24?/m1/s1. The van der Waals surface area contributed by atoms with Gasteiger partial charge in [0.25, 0.3) is 7.52 Å². The minimum absolute atomic E-state index is 0.0192. The summed E-state index contributed by atoms with van der Waals surface area (Å²) in [6.45, 7) is 2.69. The Hall–Kier alpha value is 0.120. The highest BCUT2D eigenvalue weighted by atomic mass is 31.2. The molecule has 2 rings (SSSR count). The van der Waals surface area contributed by atoms with E-state index in [2.05, 4.69) is 18.3 Å². The highest BCUT2D eigenvalue weighted by Crippen LogP contribution is 2.44. The van der Waals surface area contributed by atoms with Crippen molar-refractivity contribution in [3.63, 3.8) is 0 Å². The van der Waals surface area contributed by atoms with Crippen molar-refractivity contribution in [3.8, 4) is 0 Å². The minimum Gasteiger partial charge on any atom is -0.382 e. The summed E-state index contributed by atoms with van der Waals surface area (Å²) in [5.41, 5.74) is 0. The zero-order valence-corrected chi connectivity index (χ0v) is 16.4. The third-order valence-electron chi connectivity index (χ3n) is 4.81. The van der Waals surface area contributed by atoms with Crippen LogP contribution in [-0.4, -0.2) is 85.5 Å². The number of nitrogens with one attached hydrogen (secondary N) is 2. The van der Waals surface area contributed by atoms with Crippen LogP contribution < -0.4 is 10.4 Å². The molecule has 2 aliphatic rings. The van der Waals surface area contributed by atoms with E-state index in [9.17, 15) is 4.57 Å². The number of hydrogen-bond acceptors (Lipinski definition) is 6. The zero-order chi connectivity index (χ0) is 17.7. The van der Waals surface area contributed by atoms with E-state index >= 15 is 0 Å². The summed E-state index contributed by atoms with van der Waals surface area (Å²) in [6.07, 6.45) is 2.02. The number of methoxy groups -OCH3 is 1. The van der Waals surface area contributed by atoms with Crippen molar-refractivity contribution in [2.75, 3.05) is 33.5 Å². The molecule has 24 heavy (non-hydrogen) atoms. The first-order valence-electron chi connectivity index (χ1n) is 8.89. The van der Waals surface area contributed by atoms with Crippen LogP contribution in [0.2, 0.25) is 0 Å². The Morgan fingerprint density at radius 3 is 2.25 bits per heavy atom. The largest absolute Gasteiger partial charge is 0.382 e. The molecule has 0 aromatic rings. The first-order chi connectivity index (χ1) is 11.4. The smallest absolute Gasteiger partial charge is 0.269 e. The molecule has 0 aliphatic carbocycles. The molecule has 138 valence electrons. The second kappa shape index (κ2) is 9.17. The summed E-state index contributed by atoms with van der Waals surface area (Å²) in [4.78, 5) is 0. The van der Waals surface area contributed by atoms with Gasteiger partial charge in [0.2, 0.25) is 0 Å². The van der Waals surface area contributed by atoms with Gasteiger partial charge in [0, 0.05) is 37.4 Å². The van der Waals surface area contributed by atoms with Crippen molar-refractivity contribution in [2.24, 2.45) is 0 Å². The minimum atomic E-state index is -2.94. The predicted octanol–water partition coefficient (Wildman–Crippen LogP) is -1.10. The average molecular weight is 360 g/mol. The Morgan fingerprint density at radius 1 is 1.12 bits per heavy atom. The lowest BCUT2D eigenvalue weighted by Gasteiger charge is -2.27. The summed E-state index contributed by atoms with van der Waals surface area (Å²) in [5, 5.41) is 6.48. The Labute approximate surface area is 147 Å². The zero-order valence-electron chi connectivity index (χ0n) is 15.5. The van der Waals surface area contributed by atoms with Gasteiger partial charge in [0.15, 0.2) is 0 Å². The van der Waals surface area contributed by atoms with E-state index in [1.54, 1.807) is 7.11 Å². The predicted molar refractivity (Wildman–Crippen MR) is 99.4 cm³/mol. The first kappa shape index (κ1) is 20.4. The Bertz CT molecular complexity index is 447. The highest BCUT2D eigenvalue weighted by molar-refractivity contribution is 7.56. The molecule has 0 aromatic heterocycles. The molecule has 0 aromatic carbocycles. The lowest BCUT2D eigenvalue weighted by Crippen LogP contribution is -2.40. The van der Waals surface area contributed by atoms with Crippen LogP contribution in [0.4, 0.5) is 0 Å². The van der Waals surface area contributed by atoms with E-state index in [0.717, 1.165) is 12.8 Å². The van der Waals surface area contributed by atoms with E-state index in [4.69, 9.17) is 18.7 Å². The van der Waals surface area contributed by atoms with Crippen molar-refractivity contribution in [2.45, 2.75) is 56.1 Å². The molecule has 10 heteroatoms. The van der Waals surface area contributed by atoms with Crippen LogP contribution in [-0.2, 0) is 23.3 Å². The molecular formula is C14H31B2N2O5P. The molecule has 0 radical (unpaired) electrons. The molecule has 2 N–H and O–H groups in total. The van der Waals surface area contributed by atoms with Crippen molar-refractivity contribution in [3.05, 3.63) is 0 Å². The summed E-state index contributed by atoms with van der Waals surface area (Å²) in [6, 6.07) is 0.538. The van der Waals surface area contributed by atoms with Gasteiger partial charge in [-0.3, -0.25) is 4.57 Å². The number of hydrogen-bond donors (Lipinski definition) is 2. The quantitative estimate of drug-likeness (QED) is 0.400. The molecule has 7 nitrogen and oxygen atoms in total. The Kier molecular flexibility index (Phi) is 7.81. The molecule has 2 fully saturated rings. The summed E-state index contributed by atoms with van der Waals surface area (Å²) in [7, 11) is 4.70. The van der Waals surface area contributed by atoms with E-state index in [0.29, 0.717) is 19.4 Å². The lowest BCUT2D eigenvalue weighted by atomic mass is 9.95. The third kappa shape index (κ3) is 5.31. The molecule has 2 saturated heterocycles. The van der Waals surface area contributed by atoms with Crippen LogP contribution in [0.3, 0.4) is 0 Å². The van der Waals surface area contributed by atoms with Crippen LogP contribution in [0, 0.1) is 0 Å². The average Bonchev–Trinajstić information content (AvgIpc) is 3.08. The van der Waals surface area contributed by atoms with Gasteiger partial charge in [-0.15, -0.1) is 0 Å². The molecule has 2 aliphatic heterocycles. The fourth-order valence-corrected chi connectivity index (χ4v) is 5.10. The molecule has 0 amide bonds. The van der Waals surface area contributed by atoms with Crippen LogP contribution in [0.5, 0.6) is 0 Å². The van der Waals surface area contributed by atoms with Crippen molar-refractivity contribution in [1.82, 2.24) is 10.4 Å². The molecule has 3 unspecified atom stereocenters. The van der Waals surface area contributed by atoms with Crippen LogP contribution in [0.15, 0.2) is 0 Å². The Balaban J connectivity index is 1.92. The van der Waals surface area contributed by atoms with Crippen LogP contribution in [0.1, 0.15) is 19.8 Å². The highest BCUT2D eigenvalue weighted by Gasteiger charge is 2.39. The fraction of sp³-hybridized carbons (Fsp3) is 1.00. The number of rotatable bonds is 9. The van der Waals surface area contributed by atoms with Gasteiger partial charge in [-0.25, -0.2) is 5.09 Å². The normalized spacial score (nSPS) is 39.1. The fourth-order valence-electron chi connectivity index (χ4n) is 3.50. The van der Waals surface area contributed by atoms with Crippen molar-refractivity contribution in [1.29, 1.82) is 0 Å². The molecule has 7 atom stereocenters. The molecule has 0 saturated carbocycles. The monoisotopic (exact) mass is 360 g/mol. The first-order valence-corrected chi connectivity index (χ1v) is 10.7. The maximum absolute atomic E-state index is 13.1. The summed E-state index contributed by atoms with van der Waals surface area (Å²) >= 11 is 0. The van der Waals surface area contributed by atoms with Gasteiger partial charge in [0.05, 0.1) is 25.4 Å². The van der Waals surface area contributed by atoms with Crippen molar-refractivity contribution < 1.29 is 23.3 Å². The molecule has 0 spiro atoms. The second-order valence-electron chi connectivity index (χ2n) is 6.81. The van der Waals surface area contributed by atoms with Gasteiger partial charge < -0.3 is 24.1 Å². The van der Waals surface area contributed by atoms with Crippen LogP contribution >= 0.6 is 7.52 Å². The van der Waals surface area contributed by atoms with Gasteiger partial charge in [-0.05, 0) is 19.9 Å². The van der Waals surface area contributed by atoms with Gasteiger partial charge in [-0.2, -0.15) is 0 Å². The van der Waals surface area contributed by atoms with Gasteiger partial charge in [0.1, 0.15) is 15.7 Å². The molecule has 0 bridgehead atoms. The van der Waals surface area contributed by atoms with E-state index in [1.807, 2.05) is 21.8 Å². The molecular weight excluding hydrogens is 329 g/mol. The Morgan fingerprint density at radius 2 is 1.71 bits per heavy atom. The molecule has 2 heterocycles. The van der Waals surface area contributed by atoms with Crippen molar-refractivity contribution >= 4 is 23.2 Å². The van der Waals surface area contributed by atoms with Gasteiger partial charge in [-0.1, -0.05) is 6.92 Å². The van der Waals surface area contributed by atoms with Crippen LogP contribution in [0.25, 0.3) is 0 Å². The maximum atomic E-state index is 13.1. The second-order valence-corrected chi connectivity index (χ2v) is 9.31.